The number of rotatable bonds is 1. The Labute approximate surface area is 84.4 Å². The molecule has 0 aliphatic rings. The summed E-state index contributed by atoms with van der Waals surface area (Å²) in [6, 6.07) is 7.40. The van der Waals surface area contributed by atoms with Gasteiger partial charge >= 0.3 is 0 Å². The highest BCUT2D eigenvalue weighted by Gasteiger charge is 2.25. The lowest BCUT2D eigenvalue weighted by Gasteiger charge is -2.26. The highest BCUT2D eigenvalue weighted by molar-refractivity contribution is 6.31. The Bertz CT molecular complexity index is 288. The predicted octanol–water partition coefficient (Wildman–Crippen LogP) is 3.42. The van der Waals surface area contributed by atoms with E-state index in [2.05, 4.69) is 0 Å². The van der Waals surface area contributed by atoms with Crippen LogP contribution in [-0.4, -0.2) is 5.11 Å². The summed E-state index contributed by atoms with van der Waals surface area (Å²) in [4.78, 5) is 0. The maximum atomic E-state index is 9.95. The topological polar surface area (TPSA) is 20.2 Å². The second-order valence-electron chi connectivity index (χ2n) is 4.29. The summed E-state index contributed by atoms with van der Waals surface area (Å²) < 4.78 is 0. The lowest BCUT2D eigenvalue weighted by molar-refractivity contribution is 0.0627. The van der Waals surface area contributed by atoms with Crippen LogP contribution in [0.5, 0.6) is 0 Å². The molecule has 0 amide bonds. The number of aliphatic hydroxyl groups excluding tert-OH is 1. The van der Waals surface area contributed by atoms with Crippen molar-refractivity contribution in [1.82, 2.24) is 0 Å². The summed E-state index contributed by atoms with van der Waals surface area (Å²) in [6.45, 7) is 5.96. The normalized spacial score (nSPS) is 14.2. The van der Waals surface area contributed by atoms with Gasteiger partial charge in [-0.05, 0) is 17.0 Å². The van der Waals surface area contributed by atoms with Crippen LogP contribution in [0.25, 0.3) is 0 Å². The summed E-state index contributed by atoms with van der Waals surface area (Å²) in [5.41, 5.74) is 0.627. The zero-order valence-corrected chi connectivity index (χ0v) is 8.97. The smallest absolute Gasteiger partial charge is 0.0852 e. The summed E-state index contributed by atoms with van der Waals surface area (Å²) in [5, 5.41) is 10.6. The average Bonchev–Trinajstić information content (AvgIpc) is 2.02. The van der Waals surface area contributed by atoms with Crippen molar-refractivity contribution in [2.24, 2.45) is 5.41 Å². The molecule has 0 spiro atoms. The number of hydrogen-bond acceptors (Lipinski definition) is 1. The molecular formula is C11H15ClO. The number of hydrogen-bond donors (Lipinski definition) is 1. The van der Waals surface area contributed by atoms with Crippen LogP contribution in [0, 0.1) is 5.41 Å². The first-order chi connectivity index (χ1) is 5.93. The average molecular weight is 199 g/mol. The Balaban J connectivity index is 3.02. The van der Waals surface area contributed by atoms with E-state index in [1.54, 1.807) is 6.07 Å². The summed E-state index contributed by atoms with van der Waals surface area (Å²) >= 11 is 5.97. The van der Waals surface area contributed by atoms with Gasteiger partial charge in [0, 0.05) is 5.02 Å². The molecule has 1 nitrogen and oxygen atoms in total. The maximum Gasteiger partial charge on any atom is 0.0852 e. The van der Waals surface area contributed by atoms with Crippen molar-refractivity contribution in [3.05, 3.63) is 34.9 Å². The molecular weight excluding hydrogens is 184 g/mol. The van der Waals surface area contributed by atoms with Crippen molar-refractivity contribution in [2.45, 2.75) is 26.9 Å². The van der Waals surface area contributed by atoms with E-state index in [1.165, 1.54) is 0 Å². The second-order valence-corrected chi connectivity index (χ2v) is 4.70. The van der Waals surface area contributed by atoms with Gasteiger partial charge in [-0.1, -0.05) is 50.6 Å². The van der Waals surface area contributed by atoms with Gasteiger partial charge in [-0.25, -0.2) is 0 Å². The fraction of sp³-hybridized carbons (Fsp3) is 0.455. The van der Waals surface area contributed by atoms with Crippen molar-refractivity contribution in [1.29, 1.82) is 0 Å². The molecule has 0 radical (unpaired) electrons. The molecule has 2 heteroatoms. The van der Waals surface area contributed by atoms with Gasteiger partial charge in [0.15, 0.2) is 0 Å². The molecule has 0 saturated heterocycles. The molecule has 13 heavy (non-hydrogen) atoms. The van der Waals surface area contributed by atoms with E-state index in [1.807, 2.05) is 39.0 Å². The second kappa shape index (κ2) is 3.69. The van der Waals surface area contributed by atoms with Gasteiger partial charge in [0.2, 0.25) is 0 Å². The van der Waals surface area contributed by atoms with Crippen LogP contribution in [0.15, 0.2) is 24.3 Å². The minimum absolute atomic E-state index is 0.176. The zero-order valence-electron chi connectivity index (χ0n) is 8.21. The van der Waals surface area contributed by atoms with E-state index >= 15 is 0 Å². The number of benzene rings is 1. The first-order valence-electron chi connectivity index (χ1n) is 4.35. The molecule has 1 aromatic rings. The Morgan fingerprint density at radius 3 is 2.23 bits per heavy atom. The monoisotopic (exact) mass is 198 g/mol. The third-order valence-corrected chi connectivity index (χ3v) is 2.36. The minimum atomic E-state index is -0.513. The Hall–Kier alpha value is -0.530. The van der Waals surface area contributed by atoms with Crippen LogP contribution in [0.2, 0.25) is 5.02 Å². The fourth-order valence-corrected chi connectivity index (χ4v) is 1.40. The van der Waals surface area contributed by atoms with E-state index < -0.39 is 6.10 Å². The highest BCUT2D eigenvalue weighted by atomic mass is 35.5. The first kappa shape index (κ1) is 10.6. The van der Waals surface area contributed by atoms with E-state index in [-0.39, 0.29) is 5.41 Å². The maximum absolute atomic E-state index is 9.95. The van der Waals surface area contributed by atoms with Crippen LogP contribution in [0.3, 0.4) is 0 Å². The molecule has 0 saturated carbocycles. The van der Waals surface area contributed by atoms with Gasteiger partial charge in [0.1, 0.15) is 0 Å². The van der Waals surface area contributed by atoms with Gasteiger partial charge in [-0.3, -0.25) is 0 Å². The number of halogens is 1. The van der Waals surface area contributed by atoms with E-state index in [0.29, 0.717) is 5.02 Å². The van der Waals surface area contributed by atoms with Crippen LogP contribution >= 0.6 is 11.6 Å². The van der Waals surface area contributed by atoms with Gasteiger partial charge in [0.25, 0.3) is 0 Å². The standard InChI is InChI=1S/C11H15ClO/c1-11(2,3)10(13)8-6-4-5-7-9(8)12/h4-7,10,13H,1-3H3. The summed E-state index contributed by atoms with van der Waals surface area (Å²) in [7, 11) is 0. The molecule has 1 aromatic carbocycles. The summed E-state index contributed by atoms with van der Waals surface area (Å²) in [6.07, 6.45) is -0.513. The van der Waals surface area contributed by atoms with E-state index in [9.17, 15) is 5.11 Å². The Morgan fingerprint density at radius 2 is 1.77 bits per heavy atom. The fourth-order valence-electron chi connectivity index (χ4n) is 1.16. The van der Waals surface area contributed by atoms with Gasteiger partial charge < -0.3 is 5.11 Å². The van der Waals surface area contributed by atoms with Crippen molar-refractivity contribution in [3.63, 3.8) is 0 Å². The zero-order chi connectivity index (χ0) is 10.1. The third kappa shape index (κ3) is 2.45. The van der Waals surface area contributed by atoms with E-state index in [4.69, 9.17) is 11.6 Å². The molecule has 0 bridgehead atoms. The van der Waals surface area contributed by atoms with Crippen molar-refractivity contribution >= 4 is 11.6 Å². The predicted molar refractivity (Wildman–Crippen MR) is 55.9 cm³/mol. The Morgan fingerprint density at radius 1 is 1.23 bits per heavy atom. The van der Waals surface area contributed by atoms with Gasteiger partial charge in [0.05, 0.1) is 6.10 Å². The SMILES string of the molecule is CC(C)(C)C(O)c1ccccc1Cl. The number of aliphatic hydroxyl groups is 1. The van der Waals surface area contributed by atoms with Crippen LogP contribution in [-0.2, 0) is 0 Å². The van der Waals surface area contributed by atoms with Crippen LogP contribution in [0.4, 0.5) is 0 Å². The van der Waals surface area contributed by atoms with Crippen LogP contribution in [0.1, 0.15) is 32.4 Å². The molecule has 0 fully saturated rings. The molecule has 72 valence electrons. The molecule has 1 N–H and O–H groups in total. The molecule has 0 heterocycles. The molecule has 0 aromatic heterocycles. The molecule has 1 rings (SSSR count). The third-order valence-electron chi connectivity index (χ3n) is 2.02. The molecule has 1 atom stereocenters. The first-order valence-corrected chi connectivity index (χ1v) is 4.73. The largest absolute Gasteiger partial charge is 0.388 e. The molecule has 0 aliphatic heterocycles. The lowest BCUT2D eigenvalue weighted by Crippen LogP contribution is -2.17. The van der Waals surface area contributed by atoms with Crippen LogP contribution < -0.4 is 0 Å². The Kier molecular flexibility index (Phi) is 2.99. The van der Waals surface area contributed by atoms with Crippen molar-refractivity contribution < 1.29 is 5.11 Å². The quantitative estimate of drug-likeness (QED) is 0.733. The highest BCUT2D eigenvalue weighted by Crippen LogP contribution is 2.35. The minimum Gasteiger partial charge on any atom is -0.388 e. The van der Waals surface area contributed by atoms with Crippen molar-refractivity contribution in [3.8, 4) is 0 Å². The van der Waals surface area contributed by atoms with E-state index in [0.717, 1.165) is 5.56 Å². The molecule has 1 unspecified atom stereocenters. The van der Waals surface area contributed by atoms with Gasteiger partial charge in [-0.15, -0.1) is 0 Å². The van der Waals surface area contributed by atoms with Crippen molar-refractivity contribution in [2.75, 3.05) is 0 Å². The summed E-state index contributed by atoms with van der Waals surface area (Å²) in [5.74, 6) is 0. The van der Waals surface area contributed by atoms with Gasteiger partial charge in [-0.2, -0.15) is 0 Å². The lowest BCUT2D eigenvalue weighted by atomic mass is 9.85. The molecule has 0 aliphatic carbocycles.